The number of unbranched alkanes of at least 4 members (excludes halogenated alkanes) is 1. The molecule has 1 aliphatic carbocycles. The van der Waals surface area contributed by atoms with Gasteiger partial charge in [-0.3, -0.25) is 0 Å². The molecule has 0 aromatic carbocycles. The third kappa shape index (κ3) is 2.72. The topological polar surface area (TPSA) is 79.5 Å². The third-order valence-corrected chi connectivity index (χ3v) is 3.19. The smallest absolute Gasteiger partial charge is 0.337 e. The number of carboxylic acids is 1. The molecule has 1 aromatic rings. The number of rotatable bonds is 6. The Balaban J connectivity index is 2.24. The Morgan fingerprint density at radius 1 is 1.61 bits per heavy atom. The van der Waals surface area contributed by atoms with Crippen molar-refractivity contribution in [3.63, 3.8) is 0 Å². The number of nitrogens with two attached hydrogens (primary N) is 1. The van der Waals surface area contributed by atoms with Gasteiger partial charge >= 0.3 is 5.97 Å². The van der Waals surface area contributed by atoms with Crippen LogP contribution in [0.4, 0.5) is 11.5 Å². The van der Waals surface area contributed by atoms with Crippen molar-refractivity contribution in [3.05, 3.63) is 17.8 Å². The zero-order chi connectivity index (χ0) is 13.1. The van der Waals surface area contributed by atoms with Crippen molar-refractivity contribution in [1.82, 2.24) is 4.98 Å². The maximum absolute atomic E-state index is 11.1. The molecule has 0 spiro atoms. The Kier molecular flexibility index (Phi) is 3.69. The molecule has 2 rings (SSSR count). The molecule has 0 amide bonds. The molecular weight excluding hydrogens is 230 g/mol. The second-order valence-corrected chi connectivity index (χ2v) is 4.71. The Hall–Kier alpha value is -1.78. The summed E-state index contributed by atoms with van der Waals surface area (Å²) in [5.41, 5.74) is 5.98. The second-order valence-electron chi connectivity index (χ2n) is 4.71. The normalized spacial score (nSPS) is 14.5. The molecule has 0 bridgehead atoms. The first-order valence-electron chi connectivity index (χ1n) is 6.39. The van der Waals surface area contributed by atoms with Gasteiger partial charge in [0.2, 0.25) is 0 Å². The highest BCUT2D eigenvalue weighted by molar-refractivity contribution is 5.94. The maximum atomic E-state index is 11.1. The average molecular weight is 249 g/mol. The van der Waals surface area contributed by atoms with E-state index in [9.17, 15) is 4.79 Å². The number of carbonyl (C=O) groups is 1. The molecule has 18 heavy (non-hydrogen) atoms. The van der Waals surface area contributed by atoms with E-state index in [0.717, 1.165) is 38.0 Å². The molecule has 5 nitrogen and oxygen atoms in total. The van der Waals surface area contributed by atoms with E-state index in [4.69, 9.17) is 10.8 Å². The molecule has 1 heterocycles. The number of anilines is 2. The zero-order valence-electron chi connectivity index (χ0n) is 10.6. The molecule has 0 unspecified atom stereocenters. The van der Waals surface area contributed by atoms with Crippen molar-refractivity contribution in [2.75, 3.05) is 17.2 Å². The number of nitrogen functional groups attached to an aromatic ring is 1. The van der Waals surface area contributed by atoms with Crippen LogP contribution in [0.15, 0.2) is 12.3 Å². The van der Waals surface area contributed by atoms with Crippen LogP contribution in [0.3, 0.4) is 0 Å². The lowest BCUT2D eigenvalue weighted by atomic mass is 10.2. The van der Waals surface area contributed by atoms with Gasteiger partial charge in [0.05, 0.1) is 17.4 Å². The van der Waals surface area contributed by atoms with Crippen LogP contribution in [-0.4, -0.2) is 28.6 Å². The van der Waals surface area contributed by atoms with Crippen LogP contribution in [0, 0.1) is 0 Å². The van der Waals surface area contributed by atoms with Crippen LogP contribution in [0.25, 0.3) is 0 Å². The van der Waals surface area contributed by atoms with E-state index in [2.05, 4.69) is 16.8 Å². The van der Waals surface area contributed by atoms with Gasteiger partial charge in [-0.15, -0.1) is 0 Å². The standard InChI is InChI=1S/C13H19N3O2/c1-2-3-6-16(9-4-5-9)12-7-10(13(17)18)11(14)8-15-12/h7-9H,2-6,14H2,1H3,(H,17,18). The number of hydrogen-bond donors (Lipinski definition) is 2. The fraction of sp³-hybridized carbons (Fsp3) is 0.538. The van der Waals surface area contributed by atoms with Gasteiger partial charge in [0.1, 0.15) is 5.82 Å². The van der Waals surface area contributed by atoms with Crippen LogP contribution < -0.4 is 10.6 Å². The van der Waals surface area contributed by atoms with Gasteiger partial charge in [-0.25, -0.2) is 9.78 Å². The van der Waals surface area contributed by atoms with Gasteiger partial charge in [0.25, 0.3) is 0 Å². The summed E-state index contributed by atoms with van der Waals surface area (Å²) >= 11 is 0. The van der Waals surface area contributed by atoms with Crippen molar-refractivity contribution < 1.29 is 9.90 Å². The number of aromatic nitrogens is 1. The Morgan fingerprint density at radius 3 is 2.89 bits per heavy atom. The largest absolute Gasteiger partial charge is 0.478 e. The summed E-state index contributed by atoms with van der Waals surface area (Å²) in [5.74, 6) is -0.264. The third-order valence-electron chi connectivity index (χ3n) is 3.19. The first-order valence-corrected chi connectivity index (χ1v) is 6.39. The quantitative estimate of drug-likeness (QED) is 0.807. The van der Waals surface area contributed by atoms with E-state index in [1.165, 1.54) is 6.20 Å². The predicted octanol–water partition coefficient (Wildman–Crippen LogP) is 2.13. The zero-order valence-corrected chi connectivity index (χ0v) is 10.6. The Morgan fingerprint density at radius 2 is 2.33 bits per heavy atom. The van der Waals surface area contributed by atoms with Gasteiger partial charge < -0.3 is 15.7 Å². The Bertz CT molecular complexity index is 444. The minimum Gasteiger partial charge on any atom is -0.478 e. The van der Waals surface area contributed by atoms with Crippen LogP contribution in [0.2, 0.25) is 0 Å². The predicted molar refractivity (Wildman–Crippen MR) is 70.9 cm³/mol. The summed E-state index contributed by atoms with van der Waals surface area (Å²) in [6, 6.07) is 2.11. The van der Waals surface area contributed by atoms with Crippen molar-refractivity contribution >= 4 is 17.5 Å². The average Bonchev–Trinajstić information content (AvgIpc) is 3.15. The monoisotopic (exact) mass is 249 g/mol. The van der Waals surface area contributed by atoms with Crippen LogP contribution in [0.5, 0.6) is 0 Å². The van der Waals surface area contributed by atoms with E-state index in [-0.39, 0.29) is 11.3 Å². The van der Waals surface area contributed by atoms with E-state index >= 15 is 0 Å². The van der Waals surface area contributed by atoms with Gasteiger partial charge in [0.15, 0.2) is 0 Å². The molecule has 1 aromatic heterocycles. The van der Waals surface area contributed by atoms with Crippen molar-refractivity contribution in [3.8, 4) is 0 Å². The lowest BCUT2D eigenvalue weighted by Crippen LogP contribution is -2.28. The molecule has 1 aliphatic rings. The van der Waals surface area contributed by atoms with E-state index in [1.807, 2.05) is 0 Å². The van der Waals surface area contributed by atoms with Crippen molar-refractivity contribution in [2.45, 2.75) is 38.6 Å². The molecule has 98 valence electrons. The maximum Gasteiger partial charge on any atom is 0.337 e. The van der Waals surface area contributed by atoms with E-state index in [0.29, 0.717) is 6.04 Å². The summed E-state index contributed by atoms with van der Waals surface area (Å²) < 4.78 is 0. The van der Waals surface area contributed by atoms with Crippen LogP contribution >= 0.6 is 0 Å². The molecular formula is C13H19N3O2. The van der Waals surface area contributed by atoms with Crippen molar-refractivity contribution in [1.29, 1.82) is 0 Å². The van der Waals surface area contributed by atoms with E-state index < -0.39 is 5.97 Å². The van der Waals surface area contributed by atoms with Gasteiger partial charge in [0, 0.05) is 12.6 Å². The van der Waals surface area contributed by atoms with Crippen LogP contribution in [-0.2, 0) is 0 Å². The lowest BCUT2D eigenvalue weighted by molar-refractivity contribution is 0.0698. The highest BCUT2D eigenvalue weighted by atomic mass is 16.4. The molecule has 1 saturated carbocycles. The first-order chi connectivity index (χ1) is 8.63. The summed E-state index contributed by atoms with van der Waals surface area (Å²) in [4.78, 5) is 17.5. The molecule has 0 saturated heterocycles. The number of nitrogens with zero attached hydrogens (tertiary/aromatic N) is 2. The summed E-state index contributed by atoms with van der Waals surface area (Å²) in [6.45, 7) is 3.07. The second kappa shape index (κ2) is 5.25. The molecule has 5 heteroatoms. The fourth-order valence-corrected chi connectivity index (χ4v) is 2.00. The van der Waals surface area contributed by atoms with Crippen molar-refractivity contribution in [2.24, 2.45) is 0 Å². The summed E-state index contributed by atoms with van der Waals surface area (Å²) in [7, 11) is 0. The number of carboxylic acid groups (broad SMARTS) is 1. The molecule has 3 N–H and O–H groups in total. The Labute approximate surface area is 107 Å². The van der Waals surface area contributed by atoms with Gasteiger partial charge in [-0.1, -0.05) is 13.3 Å². The SMILES string of the molecule is CCCCN(c1cc(C(=O)O)c(N)cn1)C1CC1. The highest BCUT2D eigenvalue weighted by Crippen LogP contribution is 2.31. The highest BCUT2D eigenvalue weighted by Gasteiger charge is 2.30. The minimum atomic E-state index is -0.998. The van der Waals surface area contributed by atoms with Gasteiger partial charge in [-0.2, -0.15) is 0 Å². The first kappa shape index (κ1) is 12.7. The number of aromatic carboxylic acids is 1. The van der Waals surface area contributed by atoms with Gasteiger partial charge in [-0.05, 0) is 25.3 Å². The molecule has 0 radical (unpaired) electrons. The molecule has 0 aliphatic heterocycles. The fourth-order valence-electron chi connectivity index (χ4n) is 2.00. The van der Waals surface area contributed by atoms with E-state index in [1.54, 1.807) is 6.07 Å². The van der Waals surface area contributed by atoms with Crippen LogP contribution in [0.1, 0.15) is 43.0 Å². The number of pyridine rings is 1. The lowest BCUT2D eigenvalue weighted by Gasteiger charge is -2.23. The summed E-state index contributed by atoms with van der Waals surface area (Å²) in [5, 5.41) is 9.08. The molecule has 0 atom stereocenters. The summed E-state index contributed by atoms with van der Waals surface area (Å²) in [6.07, 6.45) is 5.98. The molecule has 1 fully saturated rings. The number of hydrogen-bond acceptors (Lipinski definition) is 4. The minimum absolute atomic E-state index is 0.141.